The van der Waals surface area contributed by atoms with E-state index in [1.165, 1.54) is 11.1 Å². The highest BCUT2D eigenvalue weighted by Crippen LogP contribution is 2.34. The quantitative estimate of drug-likeness (QED) is 0.936. The number of rotatable bonds is 4. The summed E-state index contributed by atoms with van der Waals surface area (Å²) in [5.74, 6) is 0.887. The second-order valence-corrected chi connectivity index (χ2v) is 6.06. The van der Waals surface area contributed by atoms with E-state index in [1.54, 1.807) is 18.9 Å². The van der Waals surface area contributed by atoms with Crippen LogP contribution in [0.3, 0.4) is 0 Å². The fourth-order valence-electron chi connectivity index (χ4n) is 2.27. The third-order valence-electron chi connectivity index (χ3n) is 3.40. The highest BCUT2D eigenvalue weighted by Gasteiger charge is 2.20. The maximum Gasteiger partial charge on any atom is 0.157 e. The first-order chi connectivity index (χ1) is 10.3. The SMILES string of the molecule is COc1cccc(CNC2=NCC(c3ccccc3)S2)c1. The van der Waals surface area contributed by atoms with Gasteiger partial charge in [0.15, 0.2) is 5.17 Å². The van der Waals surface area contributed by atoms with Crippen LogP contribution in [0, 0.1) is 0 Å². The molecule has 2 aromatic carbocycles. The van der Waals surface area contributed by atoms with Gasteiger partial charge in [0, 0.05) is 6.54 Å². The number of methoxy groups -OCH3 is 1. The van der Waals surface area contributed by atoms with Gasteiger partial charge in [-0.3, -0.25) is 4.99 Å². The van der Waals surface area contributed by atoms with Crippen LogP contribution < -0.4 is 10.1 Å². The van der Waals surface area contributed by atoms with Crippen molar-refractivity contribution in [2.45, 2.75) is 11.8 Å². The largest absolute Gasteiger partial charge is 0.497 e. The molecule has 0 saturated heterocycles. The van der Waals surface area contributed by atoms with Crippen molar-refractivity contribution in [3.05, 3.63) is 65.7 Å². The summed E-state index contributed by atoms with van der Waals surface area (Å²) in [5, 5.41) is 4.86. The third kappa shape index (κ3) is 3.58. The average molecular weight is 298 g/mol. The summed E-state index contributed by atoms with van der Waals surface area (Å²) >= 11 is 1.80. The maximum absolute atomic E-state index is 5.24. The molecule has 3 rings (SSSR count). The summed E-state index contributed by atoms with van der Waals surface area (Å²) in [4.78, 5) is 4.59. The summed E-state index contributed by atoms with van der Waals surface area (Å²) in [5.41, 5.74) is 2.53. The van der Waals surface area contributed by atoms with Crippen molar-refractivity contribution in [1.29, 1.82) is 0 Å². The fraction of sp³-hybridized carbons (Fsp3) is 0.235. The minimum Gasteiger partial charge on any atom is -0.497 e. The molecule has 0 aliphatic carbocycles. The molecule has 0 amide bonds. The molecule has 0 aromatic heterocycles. The van der Waals surface area contributed by atoms with Crippen LogP contribution in [-0.2, 0) is 6.54 Å². The molecule has 1 N–H and O–H groups in total. The highest BCUT2D eigenvalue weighted by atomic mass is 32.2. The van der Waals surface area contributed by atoms with Crippen molar-refractivity contribution >= 4 is 16.9 Å². The van der Waals surface area contributed by atoms with E-state index in [1.807, 2.05) is 24.3 Å². The second kappa shape index (κ2) is 6.68. The Hall–Kier alpha value is -1.94. The molecular formula is C17H18N2OS. The lowest BCUT2D eigenvalue weighted by atomic mass is 10.1. The van der Waals surface area contributed by atoms with Gasteiger partial charge < -0.3 is 10.1 Å². The Labute approximate surface area is 129 Å². The lowest BCUT2D eigenvalue weighted by Gasteiger charge is -2.10. The first-order valence-corrected chi connectivity index (χ1v) is 7.86. The molecule has 0 spiro atoms. The van der Waals surface area contributed by atoms with E-state index in [2.05, 4.69) is 40.6 Å². The number of nitrogens with zero attached hydrogens (tertiary/aromatic N) is 1. The number of thioether (sulfide) groups is 1. The van der Waals surface area contributed by atoms with Gasteiger partial charge in [0.25, 0.3) is 0 Å². The van der Waals surface area contributed by atoms with Crippen LogP contribution in [0.4, 0.5) is 0 Å². The summed E-state index contributed by atoms with van der Waals surface area (Å²) in [6, 6.07) is 18.6. The molecule has 4 heteroatoms. The number of ether oxygens (including phenoxy) is 1. The number of hydrogen-bond donors (Lipinski definition) is 1. The summed E-state index contributed by atoms with van der Waals surface area (Å²) in [7, 11) is 1.69. The molecule has 3 nitrogen and oxygen atoms in total. The van der Waals surface area contributed by atoms with Crippen LogP contribution in [0.2, 0.25) is 0 Å². The molecule has 1 atom stereocenters. The minimum absolute atomic E-state index is 0.430. The van der Waals surface area contributed by atoms with Gasteiger partial charge in [0.1, 0.15) is 5.75 Å². The molecule has 1 aliphatic heterocycles. The van der Waals surface area contributed by atoms with E-state index in [0.717, 1.165) is 24.0 Å². The van der Waals surface area contributed by atoms with Gasteiger partial charge in [-0.15, -0.1) is 0 Å². The van der Waals surface area contributed by atoms with Crippen molar-refractivity contribution in [1.82, 2.24) is 5.32 Å². The lowest BCUT2D eigenvalue weighted by Crippen LogP contribution is -2.18. The van der Waals surface area contributed by atoms with Gasteiger partial charge in [-0.1, -0.05) is 54.2 Å². The van der Waals surface area contributed by atoms with E-state index in [-0.39, 0.29) is 0 Å². The third-order valence-corrected chi connectivity index (χ3v) is 4.61. The molecule has 0 saturated carbocycles. The van der Waals surface area contributed by atoms with E-state index in [0.29, 0.717) is 5.25 Å². The molecule has 1 heterocycles. The molecule has 0 radical (unpaired) electrons. The van der Waals surface area contributed by atoms with Crippen molar-refractivity contribution in [3.8, 4) is 5.75 Å². The Morgan fingerprint density at radius 1 is 1.19 bits per heavy atom. The molecular weight excluding hydrogens is 280 g/mol. The van der Waals surface area contributed by atoms with Crippen LogP contribution in [0.15, 0.2) is 59.6 Å². The zero-order chi connectivity index (χ0) is 14.5. The molecule has 108 valence electrons. The van der Waals surface area contributed by atoms with Gasteiger partial charge in [0.2, 0.25) is 0 Å². The van der Waals surface area contributed by atoms with E-state index in [9.17, 15) is 0 Å². The van der Waals surface area contributed by atoms with E-state index >= 15 is 0 Å². The van der Waals surface area contributed by atoms with Crippen LogP contribution in [0.1, 0.15) is 16.4 Å². The van der Waals surface area contributed by atoms with E-state index in [4.69, 9.17) is 4.74 Å². The Morgan fingerprint density at radius 2 is 2.05 bits per heavy atom. The number of nitrogens with one attached hydrogen (secondary N) is 1. The maximum atomic E-state index is 5.24. The summed E-state index contributed by atoms with van der Waals surface area (Å²) in [6.07, 6.45) is 0. The molecule has 0 bridgehead atoms. The predicted octanol–water partition coefficient (Wildman–Crippen LogP) is 3.63. The predicted molar refractivity (Wildman–Crippen MR) is 88.9 cm³/mol. The van der Waals surface area contributed by atoms with E-state index < -0.39 is 0 Å². The summed E-state index contributed by atoms with van der Waals surface area (Å²) in [6.45, 7) is 1.61. The van der Waals surface area contributed by atoms with Gasteiger partial charge in [-0.2, -0.15) is 0 Å². The number of benzene rings is 2. The van der Waals surface area contributed by atoms with Crippen LogP contribution in [0.5, 0.6) is 5.75 Å². The number of amidine groups is 1. The zero-order valence-corrected chi connectivity index (χ0v) is 12.8. The Balaban J connectivity index is 1.55. The van der Waals surface area contributed by atoms with Gasteiger partial charge in [-0.25, -0.2) is 0 Å². The molecule has 0 fully saturated rings. The van der Waals surface area contributed by atoms with Crippen LogP contribution in [0.25, 0.3) is 0 Å². The normalized spacial score (nSPS) is 17.4. The Kier molecular flexibility index (Phi) is 4.46. The Bertz CT molecular complexity index is 628. The van der Waals surface area contributed by atoms with Crippen LogP contribution in [-0.4, -0.2) is 18.8 Å². The second-order valence-electron chi connectivity index (χ2n) is 4.87. The first kappa shape index (κ1) is 14.0. The minimum atomic E-state index is 0.430. The fourth-order valence-corrected chi connectivity index (χ4v) is 3.29. The van der Waals surface area contributed by atoms with Crippen molar-refractivity contribution in [3.63, 3.8) is 0 Å². The van der Waals surface area contributed by atoms with Crippen molar-refractivity contribution in [2.75, 3.05) is 13.7 Å². The zero-order valence-electron chi connectivity index (χ0n) is 12.0. The monoisotopic (exact) mass is 298 g/mol. The first-order valence-electron chi connectivity index (χ1n) is 6.98. The van der Waals surface area contributed by atoms with Crippen molar-refractivity contribution in [2.24, 2.45) is 4.99 Å². The van der Waals surface area contributed by atoms with Crippen molar-refractivity contribution < 1.29 is 4.74 Å². The summed E-state index contributed by atoms with van der Waals surface area (Å²) < 4.78 is 5.24. The standard InChI is InChI=1S/C17H18N2OS/c1-20-15-9-5-6-13(10-15)11-18-17-19-12-16(21-17)14-7-3-2-4-8-14/h2-10,16H,11-12H2,1H3,(H,18,19). The number of hydrogen-bond acceptors (Lipinski definition) is 4. The lowest BCUT2D eigenvalue weighted by molar-refractivity contribution is 0.414. The number of aliphatic imine (C=N–C) groups is 1. The smallest absolute Gasteiger partial charge is 0.157 e. The van der Waals surface area contributed by atoms with Gasteiger partial charge >= 0.3 is 0 Å². The Morgan fingerprint density at radius 3 is 2.86 bits per heavy atom. The molecule has 1 aliphatic rings. The topological polar surface area (TPSA) is 33.6 Å². The molecule has 21 heavy (non-hydrogen) atoms. The average Bonchev–Trinajstić information content (AvgIpc) is 3.03. The molecule has 1 unspecified atom stereocenters. The highest BCUT2D eigenvalue weighted by molar-refractivity contribution is 8.14. The molecule has 2 aromatic rings. The van der Waals surface area contributed by atoms with Crippen LogP contribution >= 0.6 is 11.8 Å². The van der Waals surface area contributed by atoms with Gasteiger partial charge in [0.05, 0.1) is 18.9 Å². The van der Waals surface area contributed by atoms with Gasteiger partial charge in [-0.05, 0) is 23.3 Å².